The van der Waals surface area contributed by atoms with E-state index in [2.05, 4.69) is 0 Å². The first kappa shape index (κ1) is 9.94. The van der Waals surface area contributed by atoms with Crippen LogP contribution in [0.1, 0.15) is 5.56 Å². The molecule has 2 nitrogen and oxygen atoms in total. The van der Waals surface area contributed by atoms with E-state index in [1.807, 2.05) is 36.6 Å². The van der Waals surface area contributed by atoms with E-state index in [4.69, 9.17) is 10.00 Å². The molecule has 0 amide bonds. The van der Waals surface area contributed by atoms with Crippen molar-refractivity contribution < 1.29 is 4.74 Å². The van der Waals surface area contributed by atoms with Crippen LogP contribution >= 0.6 is 11.8 Å². The third kappa shape index (κ3) is 3.86. The quantitative estimate of drug-likeness (QED) is 0.544. The molecule has 0 aromatic heterocycles. The van der Waals surface area contributed by atoms with E-state index < -0.39 is 0 Å². The van der Waals surface area contributed by atoms with Crippen LogP contribution in [-0.2, 0) is 0 Å². The van der Waals surface area contributed by atoms with Gasteiger partial charge in [0.1, 0.15) is 11.2 Å². The number of ether oxygens (including phenoxy) is 1. The van der Waals surface area contributed by atoms with Gasteiger partial charge < -0.3 is 4.74 Å². The molecule has 0 radical (unpaired) electrons. The monoisotopic (exact) mass is 193 g/mol. The summed E-state index contributed by atoms with van der Waals surface area (Å²) < 4.78 is 5.42. The van der Waals surface area contributed by atoms with Crippen LogP contribution in [0.3, 0.4) is 0 Å². The number of hydrogen-bond donors (Lipinski definition) is 0. The summed E-state index contributed by atoms with van der Waals surface area (Å²) >= 11 is 1.21. The van der Waals surface area contributed by atoms with Crippen LogP contribution in [-0.4, -0.2) is 12.4 Å². The summed E-state index contributed by atoms with van der Waals surface area (Å²) in [5.74, 6) is 1.59. The topological polar surface area (TPSA) is 33.0 Å². The molecule has 1 aromatic carbocycles. The summed E-state index contributed by atoms with van der Waals surface area (Å²) in [6.45, 7) is 2.61. The molecule has 0 aliphatic heterocycles. The van der Waals surface area contributed by atoms with Gasteiger partial charge in [0.25, 0.3) is 0 Å². The van der Waals surface area contributed by atoms with Gasteiger partial charge in [-0.15, -0.1) is 0 Å². The highest BCUT2D eigenvalue weighted by Gasteiger charge is 1.93. The number of benzene rings is 1. The fourth-order valence-electron chi connectivity index (χ4n) is 0.952. The van der Waals surface area contributed by atoms with Gasteiger partial charge in [0.05, 0.1) is 6.61 Å². The van der Waals surface area contributed by atoms with Crippen molar-refractivity contribution in [3.63, 3.8) is 0 Å². The summed E-state index contributed by atoms with van der Waals surface area (Å²) in [6, 6.07) is 7.89. The number of nitrogens with zero attached hydrogens (tertiary/aromatic N) is 1. The van der Waals surface area contributed by atoms with Crippen LogP contribution in [0.5, 0.6) is 5.75 Å². The fourth-order valence-corrected chi connectivity index (χ4v) is 1.21. The second-order valence-corrected chi connectivity index (χ2v) is 3.48. The molecule has 0 bridgehead atoms. The van der Waals surface area contributed by atoms with Crippen LogP contribution in [0, 0.1) is 17.6 Å². The average molecular weight is 193 g/mol. The zero-order valence-electron chi connectivity index (χ0n) is 7.49. The third-order valence-corrected chi connectivity index (χ3v) is 2.01. The first-order valence-corrected chi connectivity index (χ1v) is 5.02. The van der Waals surface area contributed by atoms with Gasteiger partial charge in [0.2, 0.25) is 0 Å². The second kappa shape index (κ2) is 5.50. The highest BCUT2D eigenvalue weighted by atomic mass is 32.2. The maximum atomic E-state index is 8.26. The predicted octanol–water partition coefficient (Wildman–Crippen LogP) is 2.59. The van der Waals surface area contributed by atoms with Gasteiger partial charge >= 0.3 is 0 Å². The molecule has 0 saturated heterocycles. The van der Waals surface area contributed by atoms with Gasteiger partial charge in [-0.1, -0.05) is 12.1 Å². The van der Waals surface area contributed by atoms with Crippen LogP contribution in [0.15, 0.2) is 24.3 Å². The van der Waals surface area contributed by atoms with Gasteiger partial charge in [-0.2, -0.15) is 5.26 Å². The zero-order chi connectivity index (χ0) is 9.52. The molecule has 0 spiro atoms. The Bertz CT molecular complexity index is 306. The molecule has 68 valence electrons. The summed E-state index contributed by atoms with van der Waals surface area (Å²) in [5.41, 5.74) is 1.19. The summed E-state index contributed by atoms with van der Waals surface area (Å²) in [5, 5.41) is 10.3. The molecule has 13 heavy (non-hydrogen) atoms. The van der Waals surface area contributed by atoms with Crippen molar-refractivity contribution in [1.29, 1.82) is 5.26 Å². The maximum absolute atomic E-state index is 8.26. The highest BCUT2D eigenvalue weighted by molar-refractivity contribution is 8.03. The molecule has 0 aliphatic carbocycles. The van der Waals surface area contributed by atoms with E-state index in [1.54, 1.807) is 0 Å². The van der Waals surface area contributed by atoms with Crippen molar-refractivity contribution in [3.8, 4) is 11.2 Å². The number of thioether (sulfide) groups is 1. The molecule has 0 aliphatic rings. The van der Waals surface area contributed by atoms with Crippen LogP contribution in [0.4, 0.5) is 0 Å². The Balaban J connectivity index is 2.33. The lowest BCUT2D eigenvalue weighted by Crippen LogP contribution is -1.99. The van der Waals surface area contributed by atoms with Gasteiger partial charge in [-0.3, -0.25) is 0 Å². The van der Waals surface area contributed by atoms with Gasteiger partial charge in [0.15, 0.2) is 0 Å². The minimum atomic E-state index is 0.585. The molecule has 1 rings (SSSR count). The standard InChI is InChI=1S/C10H11NOS/c1-9-3-2-4-10(7-9)12-5-6-13-8-11/h2-4,7H,5-6H2,1H3. The highest BCUT2D eigenvalue weighted by Crippen LogP contribution is 2.12. The molecule has 0 unspecified atom stereocenters. The Kier molecular flexibility index (Phi) is 4.20. The van der Waals surface area contributed by atoms with Gasteiger partial charge in [-0.25, -0.2) is 0 Å². The second-order valence-electron chi connectivity index (χ2n) is 2.60. The number of aryl methyl sites for hydroxylation is 1. The molecular formula is C10H11NOS. The van der Waals surface area contributed by atoms with Crippen molar-refractivity contribution >= 4 is 11.8 Å². The van der Waals surface area contributed by atoms with Crippen molar-refractivity contribution in [3.05, 3.63) is 29.8 Å². The van der Waals surface area contributed by atoms with E-state index in [9.17, 15) is 0 Å². The predicted molar refractivity (Wildman–Crippen MR) is 54.7 cm³/mol. The average Bonchev–Trinajstić information content (AvgIpc) is 2.13. The Labute approximate surface area is 82.5 Å². The van der Waals surface area contributed by atoms with E-state index in [0.29, 0.717) is 12.4 Å². The normalized spacial score (nSPS) is 9.23. The molecule has 1 aromatic rings. The minimum Gasteiger partial charge on any atom is -0.493 e. The van der Waals surface area contributed by atoms with E-state index >= 15 is 0 Å². The number of thiocyanates is 1. The van der Waals surface area contributed by atoms with Crippen molar-refractivity contribution in [2.75, 3.05) is 12.4 Å². The lowest BCUT2D eigenvalue weighted by Gasteiger charge is -2.04. The van der Waals surface area contributed by atoms with E-state index in [1.165, 1.54) is 17.3 Å². The number of hydrogen-bond acceptors (Lipinski definition) is 3. The molecule has 0 fully saturated rings. The lowest BCUT2D eigenvalue weighted by molar-refractivity contribution is 0.344. The van der Waals surface area contributed by atoms with Crippen molar-refractivity contribution in [2.24, 2.45) is 0 Å². The zero-order valence-corrected chi connectivity index (χ0v) is 8.30. The Hall–Kier alpha value is -1.14. The van der Waals surface area contributed by atoms with Gasteiger partial charge in [0, 0.05) is 5.75 Å². The van der Waals surface area contributed by atoms with Gasteiger partial charge in [-0.05, 0) is 36.4 Å². The summed E-state index contributed by atoms with van der Waals surface area (Å²) in [7, 11) is 0. The molecule has 0 N–H and O–H groups in total. The third-order valence-electron chi connectivity index (χ3n) is 1.51. The minimum absolute atomic E-state index is 0.585. The fraction of sp³-hybridized carbons (Fsp3) is 0.300. The molecule has 0 atom stereocenters. The Morgan fingerprint density at radius 3 is 3.08 bits per heavy atom. The van der Waals surface area contributed by atoms with Crippen molar-refractivity contribution in [2.45, 2.75) is 6.92 Å². The van der Waals surface area contributed by atoms with E-state index in [0.717, 1.165) is 5.75 Å². The molecule has 0 heterocycles. The SMILES string of the molecule is Cc1cccc(OCCSC#N)c1. The smallest absolute Gasteiger partial charge is 0.133 e. The maximum Gasteiger partial charge on any atom is 0.133 e. The molecule has 0 saturated carbocycles. The summed E-state index contributed by atoms with van der Waals surface area (Å²) in [6.07, 6.45) is 0. The van der Waals surface area contributed by atoms with Crippen molar-refractivity contribution in [1.82, 2.24) is 0 Å². The lowest BCUT2D eigenvalue weighted by atomic mass is 10.2. The van der Waals surface area contributed by atoms with Crippen LogP contribution in [0.2, 0.25) is 0 Å². The van der Waals surface area contributed by atoms with Crippen LogP contribution < -0.4 is 4.74 Å². The van der Waals surface area contributed by atoms with E-state index in [-0.39, 0.29) is 0 Å². The Morgan fingerprint density at radius 2 is 2.38 bits per heavy atom. The first-order valence-electron chi connectivity index (χ1n) is 4.03. The largest absolute Gasteiger partial charge is 0.493 e. The summed E-state index contributed by atoms with van der Waals surface area (Å²) in [4.78, 5) is 0. The number of rotatable bonds is 4. The Morgan fingerprint density at radius 1 is 1.54 bits per heavy atom. The molecule has 3 heteroatoms. The molecular weight excluding hydrogens is 182 g/mol. The van der Waals surface area contributed by atoms with Crippen LogP contribution in [0.25, 0.3) is 0 Å². The first-order chi connectivity index (χ1) is 6.33. The number of nitriles is 1.